The van der Waals surface area contributed by atoms with Gasteiger partial charge in [0, 0.05) is 12.0 Å². The van der Waals surface area contributed by atoms with E-state index < -0.39 is 0 Å². The Morgan fingerprint density at radius 3 is 1.94 bits per heavy atom. The molecule has 4 heteroatoms. The van der Waals surface area contributed by atoms with Crippen LogP contribution in [0.5, 0.6) is 0 Å². The number of hydrogen-bond acceptors (Lipinski definition) is 3. The zero-order valence-electron chi connectivity index (χ0n) is 10.2. The molecule has 0 saturated heterocycles. The number of carbonyl (C=O) groups excluding carboxylic acids is 1. The predicted octanol–water partition coefficient (Wildman–Crippen LogP) is 1.30. The van der Waals surface area contributed by atoms with E-state index in [2.05, 4.69) is 4.74 Å². The van der Waals surface area contributed by atoms with Crippen LogP contribution >= 0.6 is 0 Å². The first-order chi connectivity index (χ1) is 8.24. The third kappa shape index (κ3) is 7.40. The SMILES string of the molecule is COC(=O)C[C@@H](N)[C]1[CH][CH][CH][CH]1.[CH]1[CH][CH][CH][CH]1.[Fe+2]. The van der Waals surface area contributed by atoms with Crippen molar-refractivity contribution in [1.29, 1.82) is 0 Å². The van der Waals surface area contributed by atoms with Gasteiger partial charge >= 0.3 is 23.0 Å². The van der Waals surface area contributed by atoms with Crippen LogP contribution in [0.1, 0.15) is 6.42 Å². The molecule has 2 saturated carbocycles. The Morgan fingerprint density at radius 2 is 1.56 bits per heavy atom. The van der Waals surface area contributed by atoms with Crippen molar-refractivity contribution in [2.75, 3.05) is 7.11 Å². The van der Waals surface area contributed by atoms with Gasteiger partial charge < -0.3 is 10.5 Å². The van der Waals surface area contributed by atoms with Gasteiger partial charge in [0.05, 0.1) is 13.5 Å². The van der Waals surface area contributed by atoms with E-state index in [9.17, 15) is 4.79 Å². The Labute approximate surface area is 122 Å². The molecule has 2 rings (SSSR count). The predicted molar refractivity (Wildman–Crippen MR) is 66.6 cm³/mol. The monoisotopic (exact) mass is 287 g/mol. The maximum atomic E-state index is 10.8. The van der Waals surface area contributed by atoms with Crippen LogP contribution in [0.25, 0.3) is 0 Å². The van der Waals surface area contributed by atoms with Crippen LogP contribution in [-0.2, 0) is 26.6 Å². The number of carbonyl (C=O) groups is 1. The Balaban J connectivity index is 0.000000405. The summed E-state index contributed by atoms with van der Waals surface area (Å²) < 4.78 is 4.50. The second-order valence-corrected chi connectivity index (χ2v) is 3.57. The number of rotatable bonds is 3. The average molecular weight is 287 g/mol. The van der Waals surface area contributed by atoms with Gasteiger partial charge in [-0.2, -0.15) is 0 Å². The number of esters is 1. The third-order valence-corrected chi connectivity index (χ3v) is 2.29. The first kappa shape index (κ1) is 17.9. The molecule has 0 unspecified atom stereocenters. The van der Waals surface area contributed by atoms with Crippen molar-refractivity contribution in [3.63, 3.8) is 0 Å². The molecule has 0 aromatic carbocycles. The second-order valence-electron chi connectivity index (χ2n) is 3.57. The quantitative estimate of drug-likeness (QED) is 0.629. The van der Waals surface area contributed by atoms with E-state index in [1.54, 1.807) is 0 Å². The Hall–Kier alpha value is -0.0505. The largest absolute Gasteiger partial charge is 2.00 e. The van der Waals surface area contributed by atoms with Gasteiger partial charge in [0.15, 0.2) is 0 Å². The average Bonchev–Trinajstić information content (AvgIpc) is 3.04. The Kier molecular flexibility index (Phi) is 10.8. The molecule has 0 heterocycles. The van der Waals surface area contributed by atoms with Gasteiger partial charge in [-0.1, -0.05) is 0 Å². The van der Waals surface area contributed by atoms with Crippen molar-refractivity contribution in [3.05, 3.63) is 63.7 Å². The number of ether oxygens (including phenoxy) is 1. The molecule has 96 valence electrons. The van der Waals surface area contributed by atoms with Crippen LogP contribution in [0.15, 0.2) is 0 Å². The molecule has 0 amide bonds. The molecule has 0 aliphatic heterocycles. The molecule has 0 spiro atoms. The third-order valence-electron chi connectivity index (χ3n) is 2.29. The van der Waals surface area contributed by atoms with Crippen molar-refractivity contribution in [3.8, 4) is 0 Å². The molecule has 0 bridgehead atoms. The molecular weight excluding hydrogens is 270 g/mol. The Morgan fingerprint density at radius 1 is 1.11 bits per heavy atom. The molecule has 0 aromatic rings. The minimum absolute atomic E-state index is 0. The first-order valence-electron chi connectivity index (χ1n) is 5.44. The van der Waals surface area contributed by atoms with Crippen molar-refractivity contribution < 1.29 is 26.6 Å². The number of nitrogens with two attached hydrogens (primary N) is 1. The zero-order valence-corrected chi connectivity index (χ0v) is 11.3. The van der Waals surface area contributed by atoms with Gasteiger partial charge in [-0.05, 0) is 57.8 Å². The number of methoxy groups -OCH3 is 1. The molecular formula is C14H17FeNO2+2. The summed E-state index contributed by atoms with van der Waals surface area (Å²) in [5.41, 5.74) is 5.72. The van der Waals surface area contributed by atoms with E-state index in [1.165, 1.54) is 7.11 Å². The van der Waals surface area contributed by atoms with E-state index >= 15 is 0 Å². The van der Waals surface area contributed by atoms with Gasteiger partial charge in [-0.3, -0.25) is 4.79 Å². The molecule has 2 aliphatic rings. The standard InChI is InChI=1S/C9H12NO2.C5H5.Fe/c1-12-9(11)6-8(10)7-4-2-3-5-7;1-2-4-5-3-1;/h2-5,8H,6,10H2,1H3;1-5H;/q;;+2/t8-;;/m1../s1. The van der Waals surface area contributed by atoms with Gasteiger partial charge in [0.25, 0.3) is 0 Å². The van der Waals surface area contributed by atoms with E-state index in [1.807, 2.05) is 57.8 Å². The summed E-state index contributed by atoms with van der Waals surface area (Å²) >= 11 is 0. The summed E-state index contributed by atoms with van der Waals surface area (Å²) in [6.07, 6.45) is 17.8. The Bertz CT molecular complexity index is 206. The summed E-state index contributed by atoms with van der Waals surface area (Å²) in [4.78, 5) is 10.8. The minimum Gasteiger partial charge on any atom is -0.469 e. The van der Waals surface area contributed by atoms with Crippen molar-refractivity contribution >= 4 is 5.97 Å². The van der Waals surface area contributed by atoms with Crippen LogP contribution < -0.4 is 5.73 Å². The van der Waals surface area contributed by atoms with Gasteiger partial charge in [0.1, 0.15) is 0 Å². The summed E-state index contributed by atoms with van der Waals surface area (Å²) in [5.74, 6) is 0.698. The summed E-state index contributed by atoms with van der Waals surface area (Å²) in [6.45, 7) is 0. The minimum atomic E-state index is -0.274. The van der Waals surface area contributed by atoms with Gasteiger partial charge in [-0.15, -0.1) is 0 Å². The van der Waals surface area contributed by atoms with Gasteiger partial charge in [-0.25, -0.2) is 0 Å². The van der Waals surface area contributed by atoms with Gasteiger partial charge in [0.2, 0.25) is 0 Å². The fraction of sp³-hybridized carbons (Fsp3) is 0.214. The van der Waals surface area contributed by atoms with Crippen LogP contribution in [0.3, 0.4) is 0 Å². The smallest absolute Gasteiger partial charge is 0.469 e. The topological polar surface area (TPSA) is 52.3 Å². The molecule has 2 fully saturated rings. The van der Waals surface area contributed by atoms with Crippen LogP contribution in [0.4, 0.5) is 0 Å². The normalized spacial score (nSPS) is 20.6. The van der Waals surface area contributed by atoms with Crippen LogP contribution in [0, 0.1) is 63.7 Å². The molecule has 18 heavy (non-hydrogen) atoms. The fourth-order valence-corrected chi connectivity index (χ4v) is 1.34. The first-order valence-corrected chi connectivity index (χ1v) is 5.44. The van der Waals surface area contributed by atoms with Crippen molar-refractivity contribution in [2.45, 2.75) is 12.5 Å². The fourth-order valence-electron chi connectivity index (χ4n) is 1.34. The molecule has 2 N–H and O–H groups in total. The van der Waals surface area contributed by atoms with Crippen LogP contribution in [-0.4, -0.2) is 19.1 Å². The van der Waals surface area contributed by atoms with Crippen molar-refractivity contribution in [2.24, 2.45) is 5.73 Å². The molecule has 3 nitrogen and oxygen atoms in total. The van der Waals surface area contributed by atoms with Crippen LogP contribution in [0.2, 0.25) is 0 Å². The molecule has 10 radical (unpaired) electrons. The van der Waals surface area contributed by atoms with E-state index in [-0.39, 0.29) is 35.5 Å². The maximum Gasteiger partial charge on any atom is 2.00 e. The molecule has 0 aromatic heterocycles. The zero-order chi connectivity index (χ0) is 12.5. The van der Waals surface area contributed by atoms with E-state index in [4.69, 9.17) is 5.73 Å². The summed E-state index contributed by atoms with van der Waals surface area (Å²) in [6, 6.07) is -0.243. The second kappa shape index (κ2) is 10.8. The summed E-state index contributed by atoms with van der Waals surface area (Å²) in [7, 11) is 1.36. The summed E-state index contributed by atoms with van der Waals surface area (Å²) in [5, 5.41) is 0. The van der Waals surface area contributed by atoms with Crippen molar-refractivity contribution in [1.82, 2.24) is 0 Å². The molecule has 1 atom stereocenters. The molecule has 2 aliphatic carbocycles. The number of hydrogen-bond donors (Lipinski definition) is 1. The maximum absolute atomic E-state index is 10.8. The van der Waals surface area contributed by atoms with E-state index in [0.717, 1.165) is 5.92 Å². The van der Waals surface area contributed by atoms with E-state index in [0.29, 0.717) is 0 Å².